The van der Waals surface area contributed by atoms with Crippen LogP contribution in [0.4, 0.5) is 0 Å². The molecule has 0 aromatic rings. The van der Waals surface area contributed by atoms with Gasteiger partial charge in [0.2, 0.25) is 0 Å². The molecule has 0 saturated heterocycles. The normalized spacial score (nSPS) is 25.6. The van der Waals surface area contributed by atoms with E-state index < -0.39 is 37.5 Å². The quantitative estimate of drug-likeness (QED) is 0.0990. The Labute approximate surface area is 313 Å². The summed E-state index contributed by atoms with van der Waals surface area (Å²) in [4.78, 5) is 0. The molecule has 0 aromatic carbocycles. The second-order valence-electron chi connectivity index (χ2n) is 14.9. The molecule has 7 heteroatoms. The number of hydrogen-bond donors (Lipinski definition) is 0. The van der Waals surface area contributed by atoms with Crippen LogP contribution in [0, 0.1) is 38.5 Å². The van der Waals surface area contributed by atoms with Crippen molar-refractivity contribution >= 4 is 33.7 Å². The Hall–Kier alpha value is 0.257. The van der Waals surface area contributed by atoms with Gasteiger partial charge in [0.15, 0.2) is 16.6 Å². The zero-order valence-electron chi connectivity index (χ0n) is 31.7. The molecule has 0 aliphatic heterocycles. The van der Waals surface area contributed by atoms with Crippen LogP contribution in [0.5, 0.6) is 0 Å². The Balaban J connectivity index is 0.000000799. The standard InChI is InChI=1S/2C19H32OSi.2CH3.2ClH.Zr/c2*1-6-7-12-21(15(2)3,16(4)5)20-19-13-17-10-8-9-11-18(17)14-19;;;;;/h2*6,8-11,15-19H,1,7,12-14H2,2-5H3;2*1H3;2*1H;/q;;2*-1;;;+4/p-2. The summed E-state index contributed by atoms with van der Waals surface area (Å²) >= 11 is -0.826. The predicted molar refractivity (Wildman–Crippen MR) is 214 cm³/mol. The van der Waals surface area contributed by atoms with Gasteiger partial charge in [-0.15, -0.1) is 13.2 Å². The van der Waals surface area contributed by atoms with Crippen molar-refractivity contribution in [3.8, 4) is 0 Å². The first-order valence-electron chi connectivity index (χ1n) is 17.6. The van der Waals surface area contributed by atoms with E-state index in [0.29, 0.717) is 58.0 Å². The number of fused-ring (bicyclic) bond motifs is 2. The maximum atomic E-state index is 6.94. The van der Waals surface area contributed by atoms with E-state index >= 15 is 0 Å². The molecule has 2 nitrogen and oxygen atoms in total. The molecule has 47 heavy (non-hydrogen) atoms. The Morgan fingerprint density at radius 2 is 0.830 bits per heavy atom. The summed E-state index contributed by atoms with van der Waals surface area (Å²) in [7, 11) is 6.43. The Morgan fingerprint density at radius 3 is 1.02 bits per heavy atom. The van der Waals surface area contributed by atoms with Gasteiger partial charge in [-0.25, -0.2) is 0 Å². The van der Waals surface area contributed by atoms with Crippen LogP contribution in [-0.4, -0.2) is 28.8 Å². The van der Waals surface area contributed by atoms with Crippen LogP contribution in [-0.2, 0) is 29.7 Å². The zero-order chi connectivity index (χ0) is 33.6. The van der Waals surface area contributed by atoms with E-state index in [1.54, 1.807) is 0 Å². The second kappa shape index (κ2) is 23.7. The summed E-state index contributed by atoms with van der Waals surface area (Å²) in [6.45, 7) is 26.8. The Bertz CT molecular complexity index is 872. The molecule has 4 aliphatic carbocycles. The topological polar surface area (TPSA) is 18.5 Å². The van der Waals surface area contributed by atoms with E-state index in [9.17, 15) is 0 Å². The molecule has 0 spiro atoms. The average molecular weight is 801 g/mol. The average Bonchev–Trinajstić information content (AvgIpc) is 3.60. The van der Waals surface area contributed by atoms with Gasteiger partial charge < -0.3 is 23.7 Å². The molecule has 4 aliphatic rings. The second-order valence-corrected chi connectivity index (χ2v) is 28.5. The van der Waals surface area contributed by atoms with Crippen molar-refractivity contribution in [2.75, 3.05) is 0 Å². The van der Waals surface area contributed by atoms with Crippen molar-refractivity contribution in [2.45, 2.75) is 140 Å². The summed E-state index contributed by atoms with van der Waals surface area (Å²) in [6, 6.07) is 2.45. The number of rotatable bonds is 14. The zero-order valence-corrected chi connectivity index (χ0v) is 37.7. The first-order valence-corrected chi connectivity index (χ1v) is 28.5. The summed E-state index contributed by atoms with van der Waals surface area (Å²) < 4.78 is 13.9. The van der Waals surface area contributed by atoms with Gasteiger partial charge >= 0.3 is 37.9 Å². The molecule has 0 N–H and O–H groups in total. The van der Waals surface area contributed by atoms with Crippen LogP contribution in [0.1, 0.15) is 93.9 Å². The molecule has 4 rings (SSSR count). The first kappa shape index (κ1) is 47.3. The van der Waals surface area contributed by atoms with E-state index in [1.807, 2.05) is 0 Å². The Kier molecular flexibility index (Phi) is 23.8. The van der Waals surface area contributed by atoms with E-state index in [-0.39, 0.29) is 14.9 Å². The summed E-state index contributed by atoms with van der Waals surface area (Å²) in [6.07, 6.45) is 30.5. The minimum absolute atomic E-state index is 0. The van der Waals surface area contributed by atoms with Crippen LogP contribution in [0.15, 0.2) is 73.9 Å². The predicted octanol–water partition coefficient (Wildman–Crippen LogP) is 14.0. The van der Waals surface area contributed by atoms with E-state index in [4.69, 9.17) is 25.9 Å². The molecule has 4 unspecified atom stereocenters. The van der Waals surface area contributed by atoms with Gasteiger partial charge in [0.1, 0.15) is 0 Å². The third-order valence-electron chi connectivity index (χ3n) is 11.1. The van der Waals surface area contributed by atoms with E-state index in [0.717, 1.165) is 12.8 Å². The third kappa shape index (κ3) is 13.4. The monoisotopic (exact) mass is 798 g/mol. The third-order valence-corrected chi connectivity index (χ3v) is 22.6. The van der Waals surface area contributed by atoms with Gasteiger partial charge in [0, 0.05) is 12.2 Å². The van der Waals surface area contributed by atoms with Crippen molar-refractivity contribution in [2.24, 2.45) is 23.7 Å². The summed E-state index contributed by atoms with van der Waals surface area (Å²) in [5.41, 5.74) is 2.69. The fraction of sp³-hybridized carbons (Fsp3) is 0.650. The van der Waals surface area contributed by atoms with Crippen LogP contribution in [0.3, 0.4) is 0 Å². The van der Waals surface area contributed by atoms with E-state index in [1.165, 1.54) is 37.8 Å². The van der Waals surface area contributed by atoms with Crippen LogP contribution in [0.25, 0.3) is 0 Å². The van der Waals surface area contributed by atoms with Gasteiger partial charge in [-0.05, 0) is 96.4 Å². The van der Waals surface area contributed by atoms with Crippen molar-refractivity contribution < 1.29 is 29.7 Å². The molecule has 0 aromatic heterocycles. The van der Waals surface area contributed by atoms with E-state index in [2.05, 4.69) is 129 Å². The summed E-state index contributed by atoms with van der Waals surface area (Å²) in [5.74, 6) is 2.85. The molecule has 2 saturated carbocycles. The van der Waals surface area contributed by atoms with Gasteiger partial charge in [0.25, 0.3) is 0 Å². The Morgan fingerprint density at radius 1 is 0.596 bits per heavy atom. The maximum absolute atomic E-state index is 6.94. The molecule has 0 heterocycles. The van der Waals surface area contributed by atoms with Gasteiger partial charge in [-0.3, -0.25) is 0 Å². The molecule has 268 valence electrons. The van der Waals surface area contributed by atoms with Gasteiger partial charge in [-0.1, -0.05) is 116 Å². The fourth-order valence-electron chi connectivity index (χ4n) is 8.44. The molecule has 4 atom stereocenters. The molecular weight excluding hydrogens is 731 g/mol. The van der Waals surface area contributed by atoms with Crippen molar-refractivity contribution in [1.29, 1.82) is 0 Å². The van der Waals surface area contributed by atoms with Crippen molar-refractivity contribution in [3.63, 3.8) is 0 Å². The first-order chi connectivity index (χ1) is 21.4. The van der Waals surface area contributed by atoms with Crippen molar-refractivity contribution in [3.05, 3.63) is 88.8 Å². The van der Waals surface area contributed by atoms with Crippen LogP contribution >= 0.6 is 17.0 Å². The number of allylic oxidation sites excluding steroid dienone is 10. The van der Waals surface area contributed by atoms with Crippen LogP contribution < -0.4 is 0 Å². The van der Waals surface area contributed by atoms with Crippen LogP contribution in [0.2, 0.25) is 34.3 Å². The molecule has 2 fully saturated rings. The van der Waals surface area contributed by atoms with Gasteiger partial charge in [-0.2, -0.15) is 0 Å². The number of hydrogen-bond acceptors (Lipinski definition) is 2. The van der Waals surface area contributed by atoms with Crippen molar-refractivity contribution in [1.82, 2.24) is 0 Å². The molecule has 0 radical (unpaired) electrons. The SMILES string of the molecule is C=CCC[Si](OC1CC2C=CC=CC2C1)(C(C)C)C(C)C.C=CCC[Si](OC1CC2C=CC=CC2C1)(C(C)C)C(C)C.[CH3-].[CH3-].[Cl][Zr+2][Cl]. The fourth-order valence-corrected chi connectivity index (χ4v) is 17.7. The minimum atomic E-state index is -1.72. The molecular formula is C40H70Cl2O2Si2Zr. The molecule has 0 bridgehead atoms. The summed E-state index contributed by atoms with van der Waals surface area (Å²) in [5, 5.41) is 0. The molecule has 0 amide bonds. The number of halogens is 2. The van der Waals surface area contributed by atoms with Gasteiger partial charge in [0.05, 0.1) is 0 Å².